The van der Waals surface area contributed by atoms with Gasteiger partial charge in [-0.05, 0) is 18.6 Å². The predicted molar refractivity (Wildman–Crippen MR) is 68.8 cm³/mol. The van der Waals surface area contributed by atoms with E-state index in [0.29, 0.717) is 6.42 Å². The summed E-state index contributed by atoms with van der Waals surface area (Å²) >= 11 is 0. The highest BCUT2D eigenvalue weighted by atomic mass is 32.2. The van der Waals surface area contributed by atoms with E-state index < -0.39 is 26.6 Å². The van der Waals surface area contributed by atoms with E-state index in [2.05, 4.69) is 10.3 Å². The van der Waals surface area contributed by atoms with Crippen molar-refractivity contribution >= 4 is 10.0 Å². The van der Waals surface area contributed by atoms with Gasteiger partial charge < -0.3 is 0 Å². The van der Waals surface area contributed by atoms with Crippen LogP contribution < -0.4 is 0 Å². The molecule has 112 valence electrons. The molecule has 0 saturated carbocycles. The fourth-order valence-corrected chi connectivity index (χ4v) is 4.02. The summed E-state index contributed by atoms with van der Waals surface area (Å²) in [6.45, 7) is 0.292. The van der Waals surface area contributed by atoms with Gasteiger partial charge in [0.25, 0.3) is 0 Å². The van der Waals surface area contributed by atoms with Gasteiger partial charge in [-0.3, -0.25) is 0 Å². The molecule has 1 aromatic carbocycles. The molecule has 2 heterocycles. The van der Waals surface area contributed by atoms with Gasteiger partial charge in [0.1, 0.15) is 11.6 Å². The maximum absolute atomic E-state index is 13.7. The smallest absolute Gasteiger partial charge is 0.248 e. The fraction of sp³-hybridized carbons (Fsp3) is 0.333. The van der Waals surface area contributed by atoms with E-state index in [1.807, 2.05) is 0 Å². The van der Waals surface area contributed by atoms with Crippen molar-refractivity contribution in [2.45, 2.75) is 17.4 Å². The molecule has 3 rings (SSSR count). The van der Waals surface area contributed by atoms with Gasteiger partial charge in [-0.25, -0.2) is 21.9 Å². The van der Waals surface area contributed by atoms with E-state index in [1.54, 1.807) is 10.9 Å². The van der Waals surface area contributed by atoms with Crippen LogP contribution in [0.3, 0.4) is 0 Å². The van der Waals surface area contributed by atoms with E-state index in [4.69, 9.17) is 0 Å². The van der Waals surface area contributed by atoms with Gasteiger partial charge in [-0.15, -0.1) is 5.10 Å². The summed E-state index contributed by atoms with van der Waals surface area (Å²) in [5.74, 6) is -2.17. The Balaban J connectivity index is 1.90. The van der Waals surface area contributed by atoms with Crippen LogP contribution in [0.25, 0.3) is 0 Å². The zero-order valence-electron chi connectivity index (χ0n) is 10.9. The molecular formula is C12H12F2N4O2S. The van der Waals surface area contributed by atoms with Crippen LogP contribution in [0.4, 0.5) is 8.78 Å². The molecule has 0 amide bonds. The number of nitrogens with zero attached hydrogens (tertiary/aromatic N) is 4. The zero-order valence-corrected chi connectivity index (χ0v) is 11.7. The Labute approximate surface area is 120 Å². The van der Waals surface area contributed by atoms with Crippen molar-refractivity contribution in [3.8, 4) is 0 Å². The molecule has 21 heavy (non-hydrogen) atoms. The quantitative estimate of drug-likeness (QED) is 0.853. The molecule has 9 heteroatoms. The van der Waals surface area contributed by atoms with Gasteiger partial charge in [0, 0.05) is 19.3 Å². The third-order valence-corrected chi connectivity index (χ3v) is 5.38. The average Bonchev–Trinajstić information content (AvgIpc) is 3.09. The highest BCUT2D eigenvalue weighted by Crippen LogP contribution is 2.29. The number of halogens is 2. The van der Waals surface area contributed by atoms with Gasteiger partial charge in [-0.1, -0.05) is 11.3 Å². The fourth-order valence-electron chi connectivity index (χ4n) is 2.42. The topological polar surface area (TPSA) is 68.1 Å². The van der Waals surface area contributed by atoms with Gasteiger partial charge >= 0.3 is 0 Å². The number of aromatic nitrogens is 3. The predicted octanol–water partition coefficient (Wildman–Crippen LogP) is 1.19. The third-order valence-electron chi connectivity index (χ3n) is 3.46. The first-order valence-electron chi connectivity index (χ1n) is 6.30. The van der Waals surface area contributed by atoms with Crippen LogP contribution in [0.2, 0.25) is 0 Å². The first-order chi connectivity index (χ1) is 10.00. The summed E-state index contributed by atoms with van der Waals surface area (Å²) in [5.41, 5.74) is 0. The molecule has 1 saturated heterocycles. The van der Waals surface area contributed by atoms with Crippen molar-refractivity contribution in [1.29, 1.82) is 0 Å². The van der Waals surface area contributed by atoms with Crippen LogP contribution in [-0.4, -0.2) is 40.8 Å². The van der Waals surface area contributed by atoms with Crippen molar-refractivity contribution in [3.05, 3.63) is 42.2 Å². The van der Waals surface area contributed by atoms with Crippen molar-refractivity contribution in [3.63, 3.8) is 0 Å². The molecule has 0 bridgehead atoms. The van der Waals surface area contributed by atoms with Crippen LogP contribution in [0, 0.1) is 11.6 Å². The van der Waals surface area contributed by atoms with Crippen molar-refractivity contribution in [2.24, 2.45) is 0 Å². The van der Waals surface area contributed by atoms with Crippen LogP contribution in [0.1, 0.15) is 12.5 Å². The summed E-state index contributed by atoms with van der Waals surface area (Å²) in [7, 11) is -4.20. The Morgan fingerprint density at radius 3 is 2.57 bits per heavy atom. The second kappa shape index (κ2) is 5.15. The molecule has 1 atom stereocenters. The van der Waals surface area contributed by atoms with Crippen molar-refractivity contribution < 1.29 is 17.2 Å². The van der Waals surface area contributed by atoms with Gasteiger partial charge in [-0.2, -0.15) is 4.31 Å². The van der Waals surface area contributed by atoms with Crippen molar-refractivity contribution in [2.75, 3.05) is 13.1 Å². The standard InChI is InChI=1S/C12H12F2N4O2S/c13-10-2-1-3-11(14)12(10)21(19,20)17-6-4-9(8-17)18-7-5-15-16-18/h1-3,5,7,9H,4,6,8H2. The Morgan fingerprint density at radius 2 is 1.95 bits per heavy atom. The van der Waals surface area contributed by atoms with E-state index in [1.165, 1.54) is 6.20 Å². The van der Waals surface area contributed by atoms with E-state index in [0.717, 1.165) is 22.5 Å². The SMILES string of the molecule is O=S(=O)(c1c(F)cccc1F)N1CCC(n2ccnn2)C1. The van der Waals surface area contributed by atoms with E-state index >= 15 is 0 Å². The van der Waals surface area contributed by atoms with Crippen LogP contribution in [-0.2, 0) is 10.0 Å². The lowest BCUT2D eigenvalue weighted by Crippen LogP contribution is -2.30. The monoisotopic (exact) mass is 314 g/mol. The summed E-state index contributed by atoms with van der Waals surface area (Å²) < 4.78 is 54.8. The highest BCUT2D eigenvalue weighted by molar-refractivity contribution is 7.89. The summed E-state index contributed by atoms with van der Waals surface area (Å²) in [6.07, 6.45) is 3.64. The molecule has 0 radical (unpaired) electrons. The molecular weight excluding hydrogens is 302 g/mol. The van der Waals surface area contributed by atoms with Crippen LogP contribution in [0.15, 0.2) is 35.5 Å². The molecule has 1 unspecified atom stereocenters. The number of benzene rings is 1. The second-order valence-electron chi connectivity index (χ2n) is 4.74. The minimum absolute atomic E-state index is 0.111. The number of sulfonamides is 1. The van der Waals surface area contributed by atoms with E-state index in [9.17, 15) is 17.2 Å². The zero-order chi connectivity index (χ0) is 15.0. The Kier molecular flexibility index (Phi) is 3.46. The molecule has 0 spiro atoms. The Morgan fingerprint density at radius 1 is 1.24 bits per heavy atom. The average molecular weight is 314 g/mol. The van der Waals surface area contributed by atoms with Gasteiger partial charge in [0.15, 0.2) is 4.90 Å². The molecule has 0 N–H and O–H groups in total. The van der Waals surface area contributed by atoms with Gasteiger partial charge in [0.2, 0.25) is 10.0 Å². The normalized spacial score (nSPS) is 20.0. The lowest BCUT2D eigenvalue weighted by molar-refractivity contribution is 0.421. The molecule has 2 aromatic rings. The molecule has 1 aromatic heterocycles. The molecule has 0 aliphatic carbocycles. The number of hydrogen-bond donors (Lipinski definition) is 0. The molecule has 6 nitrogen and oxygen atoms in total. The van der Waals surface area contributed by atoms with E-state index in [-0.39, 0.29) is 19.1 Å². The third kappa shape index (κ3) is 2.42. The first-order valence-corrected chi connectivity index (χ1v) is 7.74. The minimum Gasteiger partial charge on any atom is -0.248 e. The summed E-state index contributed by atoms with van der Waals surface area (Å²) in [4.78, 5) is -0.899. The Hall–Kier alpha value is -1.87. The largest absolute Gasteiger partial charge is 0.248 e. The van der Waals surface area contributed by atoms with Crippen LogP contribution in [0.5, 0.6) is 0 Å². The van der Waals surface area contributed by atoms with Crippen LogP contribution >= 0.6 is 0 Å². The summed E-state index contributed by atoms with van der Waals surface area (Å²) in [6, 6.07) is 2.81. The lowest BCUT2D eigenvalue weighted by Gasteiger charge is -2.17. The van der Waals surface area contributed by atoms with Crippen molar-refractivity contribution in [1.82, 2.24) is 19.3 Å². The Bertz CT molecular complexity index is 728. The summed E-state index contributed by atoms with van der Waals surface area (Å²) in [5, 5.41) is 7.48. The van der Waals surface area contributed by atoms with Gasteiger partial charge in [0.05, 0.1) is 12.2 Å². The molecule has 1 aliphatic heterocycles. The number of hydrogen-bond acceptors (Lipinski definition) is 4. The maximum atomic E-state index is 13.7. The second-order valence-corrected chi connectivity index (χ2v) is 6.61. The molecule has 1 fully saturated rings. The molecule has 1 aliphatic rings. The first kappa shape index (κ1) is 14.1. The highest BCUT2D eigenvalue weighted by Gasteiger charge is 2.36. The minimum atomic E-state index is -4.20. The maximum Gasteiger partial charge on any atom is 0.248 e. The lowest BCUT2D eigenvalue weighted by atomic mass is 10.3. The number of rotatable bonds is 3.